The molecule has 2 aromatic heterocycles. The van der Waals surface area contributed by atoms with Gasteiger partial charge < -0.3 is 9.51 Å². The SMILES string of the molecule is O=c1[nH]c2ccc(Br)cc2cc1-c1noc(Cc2cc(Cl)c(Br)cc2F)n1. The minimum atomic E-state index is -0.445. The molecule has 0 aliphatic carbocycles. The van der Waals surface area contributed by atoms with Crippen LogP contribution < -0.4 is 5.56 Å². The van der Waals surface area contributed by atoms with Crippen molar-refractivity contribution in [2.75, 3.05) is 0 Å². The second-order valence-corrected chi connectivity index (χ2v) is 7.97. The molecule has 9 heteroatoms. The number of benzene rings is 2. The molecule has 0 fully saturated rings. The number of nitrogens with one attached hydrogen (secondary N) is 1. The van der Waals surface area contributed by atoms with E-state index in [1.807, 2.05) is 12.1 Å². The molecule has 0 bridgehead atoms. The van der Waals surface area contributed by atoms with Crippen LogP contribution in [0.3, 0.4) is 0 Å². The summed E-state index contributed by atoms with van der Waals surface area (Å²) in [7, 11) is 0. The summed E-state index contributed by atoms with van der Waals surface area (Å²) in [6, 6.07) is 9.96. The molecule has 4 aromatic rings. The highest BCUT2D eigenvalue weighted by Crippen LogP contribution is 2.27. The number of H-pyrrole nitrogens is 1. The maximum Gasteiger partial charge on any atom is 0.259 e. The fourth-order valence-electron chi connectivity index (χ4n) is 2.64. The summed E-state index contributed by atoms with van der Waals surface area (Å²) in [4.78, 5) is 19.4. The largest absolute Gasteiger partial charge is 0.339 e. The standard InChI is InChI=1S/C18H9Br2ClFN3O2/c19-10-1-2-15-9(3-10)4-11(18(26)23-15)17-24-16(27-25-17)6-8-5-13(21)12(20)7-14(8)22/h1-5,7H,6H2,(H,23,26). The number of aromatic amines is 1. The quantitative estimate of drug-likeness (QED) is 0.368. The van der Waals surface area contributed by atoms with Gasteiger partial charge in [0.05, 0.1) is 17.0 Å². The van der Waals surface area contributed by atoms with E-state index in [1.165, 1.54) is 12.1 Å². The number of nitrogens with zero attached hydrogens (tertiary/aromatic N) is 2. The van der Waals surface area contributed by atoms with Crippen LogP contribution in [0.25, 0.3) is 22.3 Å². The molecule has 5 nitrogen and oxygen atoms in total. The molecular formula is C18H9Br2ClFN3O2. The first-order chi connectivity index (χ1) is 12.9. The highest BCUT2D eigenvalue weighted by molar-refractivity contribution is 9.10. The highest BCUT2D eigenvalue weighted by atomic mass is 79.9. The van der Waals surface area contributed by atoms with Gasteiger partial charge in [0.25, 0.3) is 5.56 Å². The average molecular weight is 514 g/mol. The zero-order chi connectivity index (χ0) is 19.1. The van der Waals surface area contributed by atoms with Gasteiger partial charge in [0.15, 0.2) is 0 Å². The van der Waals surface area contributed by atoms with E-state index in [9.17, 15) is 9.18 Å². The number of pyridine rings is 1. The summed E-state index contributed by atoms with van der Waals surface area (Å²) in [5, 5.41) is 5.05. The molecule has 0 saturated carbocycles. The molecule has 4 rings (SSSR count). The Morgan fingerprint density at radius 2 is 2.00 bits per heavy atom. The maximum atomic E-state index is 14.1. The van der Waals surface area contributed by atoms with E-state index in [0.29, 0.717) is 20.6 Å². The lowest BCUT2D eigenvalue weighted by Crippen LogP contribution is -2.09. The fraction of sp³-hybridized carbons (Fsp3) is 0.0556. The molecule has 0 aliphatic heterocycles. The van der Waals surface area contributed by atoms with Crippen molar-refractivity contribution >= 4 is 54.4 Å². The van der Waals surface area contributed by atoms with E-state index < -0.39 is 5.82 Å². The van der Waals surface area contributed by atoms with Crippen LogP contribution in [0.1, 0.15) is 11.5 Å². The Bertz CT molecular complexity index is 1240. The second kappa shape index (κ2) is 7.18. The van der Waals surface area contributed by atoms with Gasteiger partial charge in [-0.15, -0.1) is 0 Å². The van der Waals surface area contributed by atoms with Crippen molar-refractivity contribution in [1.29, 1.82) is 0 Å². The summed E-state index contributed by atoms with van der Waals surface area (Å²) in [5.41, 5.74) is 0.942. The molecule has 2 aromatic carbocycles. The average Bonchev–Trinajstić information content (AvgIpc) is 3.08. The Labute approximate surface area is 173 Å². The first-order valence-corrected chi connectivity index (χ1v) is 9.66. The number of aromatic nitrogens is 3. The first-order valence-electron chi connectivity index (χ1n) is 7.69. The van der Waals surface area contributed by atoms with Gasteiger partial charge in [-0.25, -0.2) is 4.39 Å². The lowest BCUT2D eigenvalue weighted by Gasteiger charge is -2.02. The molecule has 0 radical (unpaired) electrons. The number of halogens is 4. The smallest absolute Gasteiger partial charge is 0.259 e. The normalized spacial score (nSPS) is 11.3. The van der Waals surface area contributed by atoms with Crippen LogP contribution in [0.2, 0.25) is 5.02 Å². The van der Waals surface area contributed by atoms with Crippen LogP contribution in [-0.2, 0) is 6.42 Å². The molecule has 0 aliphatic rings. The number of hydrogen-bond donors (Lipinski definition) is 1. The Hall–Kier alpha value is -2.03. The molecule has 0 saturated heterocycles. The molecule has 0 atom stereocenters. The van der Waals surface area contributed by atoms with Crippen molar-refractivity contribution in [3.05, 3.63) is 78.0 Å². The van der Waals surface area contributed by atoms with Gasteiger partial charge in [-0.1, -0.05) is 32.7 Å². The third kappa shape index (κ3) is 3.69. The predicted molar refractivity (Wildman–Crippen MR) is 107 cm³/mol. The molecule has 2 heterocycles. The van der Waals surface area contributed by atoms with Gasteiger partial charge in [-0.05, 0) is 57.9 Å². The van der Waals surface area contributed by atoms with E-state index in [0.717, 1.165) is 9.86 Å². The minimum absolute atomic E-state index is 0.0584. The number of fused-ring (bicyclic) bond motifs is 1. The van der Waals surface area contributed by atoms with E-state index in [1.54, 1.807) is 12.1 Å². The minimum Gasteiger partial charge on any atom is -0.339 e. The number of rotatable bonds is 3. The monoisotopic (exact) mass is 511 g/mol. The van der Waals surface area contributed by atoms with E-state index in [-0.39, 0.29) is 29.3 Å². The Morgan fingerprint density at radius 1 is 1.19 bits per heavy atom. The summed E-state index contributed by atoms with van der Waals surface area (Å²) in [6.45, 7) is 0. The third-order valence-corrected chi connectivity index (χ3v) is 5.64. The Kier molecular flexibility index (Phi) is 4.88. The zero-order valence-corrected chi connectivity index (χ0v) is 17.3. The van der Waals surface area contributed by atoms with Crippen molar-refractivity contribution in [1.82, 2.24) is 15.1 Å². The second-order valence-electron chi connectivity index (χ2n) is 5.79. The molecule has 136 valence electrons. The highest BCUT2D eigenvalue weighted by Gasteiger charge is 2.16. The lowest BCUT2D eigenvalue weighted by molar-refractivity contribution is 0.384. The molecule has 27 heavy (non-hydrogen) atoms. The summed E-state index contributed by atoms with van der Waals surface area (Å²) in [5.74, 6) is -0.132. The van der Waals surface area contributed by atoms with Crippen LogP contribution in [-0.4, -0.2) is 15.1 Å². The molecule has 1 N–H and O–H groups in total. The van der Waals surface area contributed by atoms with E-state index in [2.05, 4.69) is 47.0 Å². The fourth-order valence-corrected chi connectivity index (χ4v) is 3.52. The topological polar surface area (TPSA) is 71.8 Å². The van der Waals surface area contributed by atoms with Crippen molar-refractivity contribution in [2.45, 2.75) is 6.42 Å². The lowest BCUT2D eigenvalue weighted by atomic mass is 10.1. The predicted octanol–water partition coefficient (Wildman–Crippen LogP) is 5.49. The summed E-state index contributed by atoms with van der Waals surface area (Å²) < 4.78 is 20.6. The maximum absolute atomic E-state index is 14.1. The Morgan fingerprint density at radius 3 is 2.81 bits per heavy atom. The molecular weight excluding hydrogens is 504 g/mol. The van der Waals surface area contributed by atoms with Crippen LogP contribution in [0.4, 0.5) is 4.39 Å². The van der Waals surface area contributed by atoms with Gasteiger partial charge >= 0.3 is 0 Å². The molecule has 0 amide bonds. The van der Waals surface area contributed by atoms with Gasteiger partial charge in [-0.2, -0.15) is 4.98 Å². The van der Waals surface area contributed by atoms with E-state index >= 15 is 0 Å². The van der Waals surface area contributed by atoms with Crippen LogP contribution in [0.15, 0.2) is 54.7 Å². The number of hydrogen-bond acceptors (Lipinski definition) is 4. The van der Waals surface area contributed by atoms with Crippen molar-refractivity contribution < 1.29 is 8.91 Å². The van der Waals surface area contributed by atoms with Gasteiger partial charge in [0.1, 0.15) is 5.82 Å². The van der Waals surface area contributed by atoms with E-state index in [4.69, 9.17) is 16.1 Å². The molecule has 0 unspecified atom stereocenters. The molecule has 0 spiro atoms. The third-order valence-electron chi connectivity index (χ3n) is 3.95. The van der Waals surface area contributed by atoms with Crippen LogP contribution in [0.5, 0.6) is 0 Å². The van der Waals surface area contributed by atoms with Gasteiger partial charge in [-0.3, -0.25) is 4.79 Å². The van der Waals surface area contributed by atoms with Crippen molar-refractivity contribution in [3.63, 3.8) is 0 Å². The summed E-state index contributed by atoms with van der Waals surface area (Å²) in [6.07, 6.45) is 0.0584. The summed E-state index contributed by atoms with van der Waals surface area (Å²) >= 11 is 12.6. The van der Waals surface area contributed by atoms with Crippen LogP contribution >= 0.6 is 43.5 Å². The Balaban J connectivity index is 1.71. The van der Waals surface area contributed by atoms with Crippen LogP contribution in [0, 0.1) is 5.82 Å². The van der Waals surface area contributed by atoms with Crippen molar-refractivity contribution in [3.8, 4) is 11.4 Å². The van der Waals surface area contributed by atoms with Gasteiger partial charge in [0.2, 0.25) is 11.7 Å². The zero-order valence-electron chi connectivity index (χ0n) is 13.4. The van der Waals surface area contributed by atoms with Gasteiger partial charge in [0, 0.05) is 19.8 Å². The van der Waals surface area contributed by atoms with Crippen molar-refractivity contribution in [2.24, 2.45) is 0 Å². The first kappa shape index (κ1) is 18.3.